The monoisotopic (exact) mass is 262 g/mol. The maximum Gasteiger partial charge on any atom is 0.161 e. The number of nitrogens with zero attached hydrogens (tertiary/aromatic N) is 2. The van der Waals surface area contributed by atoms with Crippen LogP contribution >= 0.6 is 0 Å². The molecule has 0 amide bonds. The molecule has 0 saturated carbocycles. The molecule has 0 bridgehead atoms. The molecule has 2 heterocycles. The number of Topliss-reactive ketones (excluding diaryl/α,β-unsaturated/α-hetero) is 1. The number of hydrogen-bond acceptors (Lipinski definition) is 2. The molecule has 0 unspecified atom stereocenters. The van der Waals surface area contributed by atoms with Gasteiger partial charge in [-0.1, -0.05) is 19.8 Å². The van der Waals surface area contributed by atoms with Gasteiger partial charge in [-0.15, -0.1) is 0 Å². The SMILES string of the molecule is CCCC[C@@H]1CCCN1Cc1cc(C(C)=O)cn1C. The minimum Gasteiger partial charge on any atom is -0.353 e. The van der Waals surface area contributed by atoms with Crippen LogP contribution in [0.4, 0.5) is 0 Å². The lowest BCUT2D eigenvalue weighted by Crippen LogP contribution is -2.29. The number of unbranched alkanes of at least 4 members (excludes halogenated alkanes) is 1. The maximum absolute atomic E-state index is 11.4. The van der Waals surface area contributed by atoms with Crippen LogP contribution in [0.1, 0.15) is 62.0 Å². The normalized spacial score (nSPS) is 20.1. The van der Waals surface area contributed by atoms with Gasteiger partial charge in [0.05, 0.1) is 0 Å². The summed E-state index contributed by atoms with van der Waals surface area (Å²) in [5, 5.41) is 0. The van der Waals surface area contributed by atoms with Crippen LogP contribution in [-0.4, -0.2) is 27.8 Å². The Hall–Kier alpha value is -1.09. The van der Waals surface area contributed by atoms with E-state index in [9.17, 15) is 4.79 Å². The first-order valence-electron chi connectivity index (χ1n) is 7.52. The van der Waals surface area contributed by atoms with Crippen molar-refractivity contribution in [3.05, 3.63) is 23.5 Å². The fraction of sp³-hybridized carbons (Fsp3) is 0.688. The Bertz CT molecular complexity index is 436. The first kappa shape index (κ1) is 14.3. The molecule has 1 atom stereocenters. The number of carbonyl (C=O) groups is 1. The number of likely N-dealkylation sites (tertiary alicyclic amines) is 1. The van der Waals surface area contributed by atoms with E-state index in [0.29, 0.717) is 0 Å². The van der Waals surface area contributed by atoms with Crippen molar-refractivity contribution < 1.29 is 4.79 Å². The molecular weight excluding hydrogens is 236 g/mol. The van der Waals surface area contributed by atoms with Crippen LogP contribution in [0.15, 0.2) is 12.3 Å². The van der Waals surface area contributed by atoms with Crippen LogP contribution in [-0.2, 0) is 13.6 Å². The molecule has 1 aromatic heterocycles. The molecule has 1 aliphatic heterocycles. The van der Waals surface area contributed by atoms with Gasteiger partial charge in [0.1, 0.15) is 0 Å². The summed E-state index contributed by atoms with van der Waals surface area (Å²) in [5.41, 5.74) is 2.09. The molecule has 1 aliphatic rings. The average Bonchev–Trinajstić information content (AvgIpc) is 2.95. The highest BCUT2D eigenvalue weighted by molar-refractivity contribution is 5.94. The molecule has 0 aromatic carbocycles. The van der Waals surface area contributed by atoms with E-state index in [2.05, 4.69) is 22.5 Å². The van der Waals surface area contributed by atoms with Crippen molar-refractivity contribution in [3.63, 3.8) is 0 Å². The molecule has 106 valence electrons. The maximum atomic E-state index is 11.4. The Morgan fingerprint density at radius 1 is 1.47 bits per heavy atom. The van der Waals surface area contributed by atoms with Gasteiger partial charge in [0.25, 0.3) is 0 Å². The summed E-state index contributed by atoms with van der Waals surface area (Å²) in [6.07, 6.45) is 8.54. The number of hydrogen-bond donors (Lipinski definition) is 0. The third-order valence-electron chi connectivity index (χ3n) is 4.27. The number of ketones is 1. The van der Waals surface area contributed by atoms with Gasteiger partial charge >= 0.3 is 0 Å². The topological polar surface area (TPSA) is 25.2 Å². The highest BCUT2D eigenvalue weighted by Crippen LogP contribution is 2.24. The van der Waals surface area contributed by atoms with E-state index in [4.69, 9.17) is 0 Å². The first-order chi connectivity index (χ1) is 9.11. The number of aromatic nitrogens is 1. The lowest BCUT2D eigenvalue weighted by atomic mass is 10.1. The van der Waals surface area contributed by atoms with E-state index in [1.165, 1.54) is 44.3 Å². The lowest BCUT2D eigenvalue weighted by molar-refractivity contribution is 0.101. The molecule has 0 radical (unpaired) electrons. The molecule has 1 fully saturated rings. The highest BCUT2D eigenvalue weighted by Gasteiger charge is 2.24. The van der Waals surface area contributed by atoms with E-state index in [-0.39, 0.29) is 5.78 Å². The minimum absolute atomic E-state index is 0.158. The molecule has 0 aliphatic carbocycles. The van der Waals surface area contributed by atoms with Crippen LogP contribution in [0.25, 0.3) is 0 Å². The van der Waals surface area contributed by atoms with Gasteiger partial charge in [-0.3, -0.25) is 9.69 Å². The van der Waals surface area contributed by atoms with Crippen molar-refractivity contribution in [1.82, 2.24) is 9.47 Å². The number of rotatable bonds is 6. The van der Waals surface area contributed by atoms with E-state index in [1.807, 2.05) is 13.2 Å². The van der Waals surface area contributed by atoms with Crippen LogP contribution in [0.5, 0.6) is 0 Å². The van der Waals surface area contributed by atoms with E-state index >= 15 is 0 Å². The second-order valence-corrected chi connectivity index (χ2v) is 5.80. The van der Waals surface area contributed by atoms with Crippen LogP contribution in [0.3, 0.4) is 0 Å². The number of carbonyl (C=O) groups excluding carboxylic acids is 1. The van der Waals surface area contributed by atoms with E-state index in [0.717, 1.165) is 18.2 Å². The number of aryl methyl sites for hydroxylation is 1. The standard InChI is InChI=1S/C16H26N2O/c1-4-5-7-15-8-6-9-18(15)12-16-10-14(13(2)19)11-17(16)3/h10-11,15H,4-9,12H2,1-3H3/t15-/m1/s1. The Labute approximate surface area is 116 Å². The molecule has 2 rings (SSSR count). The summed E-state index contributed by atoms with van der Waals surface area (Å²) in [5.74, 6) is 0.158. The summed E-state index contributed by atoms with van der Waals surface area (Å²) in [6, 6.07) is 2.80. The molecule has 3 nitrogen and oxygen atoms in total. The van der Waals surface area contributed by atoms with Gasteiger partial charge in [-0.2, -0.15) is 0 Å². The van der Waals surface area contributed by atoms with Crippen LogP contribution in [0.2, 0.25) is 0 Å². The summed E-state index contributed by atoms with van der Waals surface area (Å²) in [7, 11) is 2.04. The van der Waals surface area contributed by atoms with Gasteiger partial charge in [-0.05, 0) is 38.8 Å². The molecule has 19 heavy (non-hydrogen) atoms. The van der Waals surface area contributed by atoms with Gasteiger partial charge < -0.3 is 4.57 Å². The van der Waals surface area contributed by atoms with Crippen molar-refractivity contribution in [3.8, 4) is 0 Å². The Balaban J connectivity index is 2.01. The zero-order valence-electron chi connectivity index (χ0n) is 12.5. The summed E-state index contributed by atoms with van der Waals surface area (Å²) in [6.45, 7) is 6.09. The zero-order chi connectivity index (χ0) is 13.8. The summed E-state index contributed by atoms with van der Waals surface area (Å²) >= 11 is 0. The van der Waals surface area contributed by atoms with Crippen LogP contribution < -0.4 is 0 Å². The van der Waals surface area contributed by atoms with Gasteiger partial charge in [0, 0.05) is 37.1 Å². The minimum atomic E-state index is 0.158. The third-order valence-corrected chi connectivity index (χ3v) is 4.27. The smallest absolute Gasteiger partial charge is 0.161 e. The second kappa shape index (κ2) is 6.38. The van der Waals surface area contributed by atoms with Crippen molar-refractivity contribution >= 4 is 5.78 Å². The van der Waals surface area contributed by atoms with Crippen molar-refractivity contribution in [2.45, 2.75) is 58.5 Å². The molecule has 1 saturated heterocycles. The highest BCUT2D eigenvalue weighted by atomic mass is 16.1. The van der Waals surface area contributed by atoms with Crippen LogP contribution in [0, 0.1) is 0 Å². The van der Waals surface area contributed by atoms with E-state index < -0.39 is 0 Å². The summed E-state index contributed by atoms with van der Waals surface area (Å²) < 4.78 is 2.10. The Morgan fingerprint density at radius 3 is 2.89 bits per heavy atom. The molecule has 0 spiro atoms. The summed E-state index contributed by atoms with van der Waals surface area (Å²) in [4.78, 5) is 14.0. The Morgan fingerprint density at radius 2 is 2.26 bits per heavy atom. The second-order valence-electron chi connectivity index (χ2n) is 5.80. The molecule has 0 N–H and O–H groups in total. The molecule has 1 aromatic rings. The molecule has 3 heteroatoms. The quantitative estimate of drug-likeness (QED) is 0.734. The van der Waals surface area contributed by atoms with Crippen molar-refractivity contribution in [2.75, 3.05) is 6.54 Å². The van der Waals surface area contributed by atoms with Crippen molar-refractivity contribution in [1.29, 1.82) is 0 Å². The molecular formula is C16H26N2O. The van der Waals surface area contributed by atoms with Crippen molar-refractivity contribution in [2.24, 2.45) is 7.05 Å². The largest absolute Gasteiger partial charge is 0.353 e. The first-order valence-corrected chi connectivity index (χ1v) is 7.52. The Kier molecular flexibility index (Phi) is 4.81. The predicted octanol–water partition coefficient (Wildman–Crippen LogP) is 3.38. The fourth-order valence-electron chi connectivity index (χ4n) is 3.04. The van der Waals surface area contributed by atoms with Gasteiger partial charge in [0.15, 0.2) is 5.78 Å². The average molecular weight is 262 g/mol. The predicted molar refractivity (Wildman–Crippen MR) is 78.4 cm³/mol. The third kappa shape index (κ3) is 3.47. The zero-order valence-corrected chi connectivity index (χ0v) is 12.5. The van der Waals surface area contributed by atoms with Gasteiger partial charge in [-0.25, -0.2) is 0 Å². The lowest BCUT2D eigenvalue weighted by Gasteiger charge is -2.24. The van der Waals surface area contributed by atoms with Gasteiger partial charge in [0.2, 0.25) is 0 Å². The fourth-order valence-corrected chi connectivity index (χ4v) is 3.04. The van der Waals surface area contributed by atoms with E-state index in [1.54, 1.807) is 6.92 Å².